The first-order chi connectivity index (χ1) is 8.70. The van der Waals surface area contributed by atoms with Crippen LogP contribution in [0.3, 0.4) is 0 Å². The molecule has 0 spiro atoms. The van der Waals surface area contributed by atoms with Crippen molar-refractivity contribution in [2.75, 3.05) is 25.5 Å². The topological polar surface area (TPSA) is 32.3 Å². The van der Waals surface area contributed by atoms with Gasteiger partial charge in [-0.15, -0.1) is 0 Å². The first-order valence-corrected chi connectivity index (χ1v) is 6.79. The first kappa shape index (κ1) is 14.6. The normalized spacial score (nSPS) is 10.2. The highest BCUT2D eigenvalue weighted by molar-refractivity contribution is 5.99. The number of amides is 1. The maximum atomic E-state index is 12.3. The summed E-state index contributed by atoms with van der Waals surface area (Å²) in [6.07, 6.45) is 3.42. The van der Waals surface area contributed by atoms with Gasteiger partial charge in [-0.3, -0.25) is 4.79 Å². The quantitative estimate of drug-likeness (QED) is 0.750. The summed E-state index contributed by atoms with van der Waals surface area (Å²) in [4.78, 5) is 14.1. The van der Waals surface area contributed by atoms with Gasteiger partial charge in [0.05, 0.1) is 5.56 Å². The molecule has 3 heteroatoms. The number of hydrogen-bond donors (Lipinski definition) is 1. The van der Waals surface area contributed by atoms with Gasteiger partial charge < -0.3 is 10.2 Å². The summed E-state index contributed by atoms with van der Waals surface area (Å²) in [6.45, 7) is 5.85. The lowest BCUT2D eigenvalue weighted by Crippen LogP contribution is -2.28. The summed E-state index contributed by atoms with van der Waals surface area (Å²) >= 11 is 0. The largest absolute Gasteiger partial charge is 0.385 e. The Balaban J connectivity index is 2.70. The van der Waals surface area contributed by atoms with Crippen LogP contribution in [0.25, 0.3) is 0 Å². The number of nitrogens with one attached hydrogen (secondary N) is 1. The average molecular weight is 248 g/mol. The number of carbonyl (C=O) groups is 1. The maximum absolute atomic E-state index is 12.3. The molecule has 18 heavy (non-hydrogen) atoms. The highest BCUT2D eigenvalue weighted by Crippen LogP contribution is 2.16. The SMILES string of the molecule is CCCCCN(C)C(=O)c1ccccc1NCC. The van der Waals surface area contributed by atoms with Gasteiger partial charge in [0.2, 0.25) is 0 Å². The van der Waals surface area contributed by atoms with Gasteiger partial charge in [-0.2, -0.15) is 0 Å². The van der Waals surface area contributed by atoms with Crippen molar-refractivity contribution in [2.45, 2.75) is 33.1 Å². The monoisotopic (exact) mass is 248 g/mol. The molecular weight excluding hydrogens is 224 g/mol. The third kappa shape index (κ3) is 4.06. The molecule has 0 aliphatic heterocycles. The van der Waals surface area contributed by atoms with Gasteiger partial charge in [0, 0.05) is 25.8 Å². The van der Waals surface area contributed by atoms with E-state index < -0.39 is 0 Å². The standard InChI is InChI=1S/C15H24N2O/c1-4-6-9-12-17(3)15(18)13-10-7-8-11-14(13)16-5-2/h7-8,10-11,16H,4-6,9,12H2,1-3H3. The fraction of sp³-hybridized carbons (Fsp3) is 0.533. The van der Waals surface area contributed by atoms with Crippen molar-refractivity contribution < 1.29 is 4.79 Å². The molecular formula is C15H24N2O. The van der Waals surface area contributed by atoms with Crippen LogP contribution < -0.4 is 5.32 Å². The van der Waals surface area contributed by atoms with Gasteiger partial charge >= 0.3 is 0 Å². The fourth-order valence-electron chi connectivity index (χ4n) is 1.92. The lowest BCUT2D eigenvalue weighted by atomic mass is 10.1. The van der Waals surface area contributed by atoms with Crippen molar-refractivity contribution in [1.82, 2.24) is 4.90 Å². The molecule has 0 atom stereocenters. The molecule has 1 aromatic rings. The third-order valence-electron chi connectivity index (χ3n) is 2.97. The molecule has 1 amide bonds. The first-order valence-electron chi connectivity index (χ1n) is 6.79. The Bertz CT molecular complexity index is 377. The number of benzene rings is 1. The van der Waals surface area contributed by atoms with Gasteiger partial charge in [0.1, 0.15) is 0 Å². The van der Waals surface area contributed by atoms with Crippen LogP contribution in [0.2, 0.25) is 0 Å². The lowest BCUT2D eigenvalue weighted by molar-refractivity contribution is 0.0793. The van der Waals surface area contributed by atoms with Crippen LogP contribution in [-0.2, 0) is 0 Å². The van der Waals surface area contributed by atoms with E-state index in [1.807, 2.05) is 43.1 Å². The predicted octanol–water partition coefficient (Wildman–Crippen LogP) is 3.38. The van der Waals surface area contributed by atoms with Gasteiger partial charge in [-0.25, -0.2) is 0 Å². The molecule has 0 saturated heterocycles. The van der Waals surface area contributed by atoms with Crippen molar-refractivity contribution in [3.8, 4) is 0 Å². The molecule has 0 radical (unpaired) electrons. The summed E-state index contributed by atoms with van der Waals surface area (Å²) in [5.41, 5.74) is 1.69. The number of rotatable bonds is 7. The van der Waals surface area contributed by atoms with Crippen LogP contribution in [0.4, 0.5) is 5.69 Å². The summed E-state index contributed by atoms with van der Waals surface area (Å²) in [6, 6.07) is 7.70. The van der Waals surface area contributed by atoms with E-state index in [2.05, 4.69) is 12.2 Å². The maximum Gasteiger partial charge on any atom is 0.255 e. The molecule has 1 N–H and O–H groups in total. The number of carbonyl (C=O) groups excluding carboxylic acids is 1. The molecule has 1 aromatic carbocycles. The molecule has 1 rings (SSSR count). The zero-order valence-electron chi connectivity index (χ0n) is 11.7. The van der Waals surface area contributed by atoms with Crippen LogP contribution in [0.5, 0.6) is 0 Å². The minimum Gasteiger partial charge on any atom is -0.385 e. The Hall–Kier alpha value is -1.51. The van der Waals surface area contributed by atoms with E-state index in [9.17, 15) is 4.79 Å². The summed E-state index contributed by atoms with van der Waals surface area (Å²) < 4.78 is 0. The van der Waals surface area contributed by atoms with E-state index in [0.717, 1.165) is 30.8 Å². The summed E-state index contributed by atoms with van der Waals surface area (Å²) in [7, 11) is 1.88. The highest BCUT2D eigenvalue weighted by atomic mass is 16.2. The van der Waals surface area contributed by atoms with E-state index in [-0.39, 0.29) is 5.91 Å². The highest BCUT2D eigenvalue weighted by Gasteiger charge is 2.14. The van der Waals surface area contributed by atoms with Crippen molar-refractivity contribution in [3.63, 3.8) is 0 Å². The number of anilines is 1. The Morgan fingerprint density at radius 1 is 1.22 bits per heavy atom. The Morgan fingerprint density at radius 2 is 1.94 bits per heavy atom. The minimum absolute atomic E-state index is 0.0997. The molecule has 3 nitrogen and oxygen atoms in total. The number of hydrogen-bond acceptors (Lipinski definition) is 2. The second-order valence-corrected chi connectivity index (χ2v) is 4.51. The van der Waals surface area contributed by atoms with E-state index in [1.54, 1.807) is 0 Å². The smallest absolute Gasteiger partial charge is 0.255 e. The molecule has 0 heterocycles. The Labute approximate surface area is 110 Å². The fourth-order valence-corrected chi connectivity index (χ4v) is 1.92. The number of unbranched alkanes of at least 4 members (excludes halogenated alkanes) is 2. The van der Waals surface area contributed by atoms with Crippen LogP contribution >= 0.6 is 0 Å². The molecule has 0 fully saturated rings. The third-order valence-corrected chi connectivity index (χ3v) is 2.97. The Kier molecular flexibility index (Phi) is 6.26. The van der Waals surface area contributed by atoms with Gasteiger partial charge in [0.15, 0.2) is 0 Å². The van der Waals surface area contributed by atoms with Gasteiger partial charge in [-0.05, 0) is 25.5 Å². The molecule has 0 saturated carbocycles. The minimum atomic E-state index is 0.0997. The second-order valence-electron chi connectivity index (χ2n) is 4.51. The van der Waals surface area contributed by atoms with Gasteiger partial charge in [0.25, 0.3) is 5.91 Å². The van der Waals surface area contributed by atoms with Crippen molar-refractivity contribution >= 4 is 11.6 Å². The zero-order valence-corrected chi connectivity index (χ0v) is 11.7. The van der Waals surface area contributed by atoms with Crippen molar-refractivity contribution in [2.24, 2.45) is 0 Å². The molecule has 0 bridgehead atoms. The molecule has 0 aliphatic rings. The molecule has 0 aliphatic carbocycles. The second kappa shape index (κ2) is 7.75. The van der Waals surface area contributed by atoms with E-state index in [0.29, 0.717) is 0 Å². The predicted molar refractivity (Wildman–Crippen MR) is 77.1 cm³/mol. The van der Waals surface area contributed by atoms with Crippen LogP contribution in [0, 0.1) is 0 Å². The summed E-state index contributed by atoms with van der Waals surface area (Å²) in [5, 5.41) is 3.23. The zero-order chi connectivity index (χ0) is 13.4. The van der Waals surface area contributed by atoms with E-state index in [4.69, 9.17) is 0 Å². The van der Waals surface area contributed by atoms with Crippen LogP contribution in [-0.4, -0.2) is 30.9 Å². The Morgan fingerprint density at radius 3 is 2.61 bits per heavy atom. The van der Waals surface area contributed by atoms with Crippen LogP contribution in [0.1, 0.15) is 43.5 Å². The van der Waals surface area contributed by atoms with Crippen LogP contribution in [0.15, 0.2) is 24.3 Å². The van der Waals surface area contributed by atoms with Gasteiger partial charge in [-0.1, -0.05) is 31.9 Å². The molecule has 0 unspecified atom stereocenters. The number of nitrogens with zero attached hydrogens (tertiary/aromatic N) is 1. The van der Waals surface area contributed by atoms with E-state index in [1.165, 1.54) is 12.8 Å². The number of para-hydroxylation sites is 1. The van der Waals surface area contributed by atoms with Crippen molar-refractivity contribution in [3.05, 3.63) is 29.8 Å². The average Bonchev–Trinajstić information content (AvgIpc) is 2.39. The van der Waals surface area contributed by atoms with Crippen molar-refractivity contribution in [1.29, 1.82) is 0 Å². The molecule has 0 aromatic heterocycles. The van der Waals surface area contributed by atoms with E-state index >= 15 is 0 Å². The molecule has 100 valence electrons. The summed E-state index contributed by atoms with van der Waals surface area (Å²) in [5.74, 6) is 0.0997. The lowest BCUT2D eigenvalue weighted by Gasteiger charge is -2.19.